The van der Waals surface area contributed by atoms with Gasteiger partial charge in [0.15, 0.2) is 0 Å². The van der Waals surface area contributed by atoms with Crippen LogP contribution in [0.25, 0.3) is 0 Å². The number of aryl methyl sites for hydroxylation is 1. The lowest BCUT2D eigenvalue weighted by Gasteiger charge is -2.25. The molecule has 0 saturated carbocycles. The molecule has 156 valence electrons. The normalized spacial score (nSPS) is 15.2. The number of hydrogen-bond donors (Lipinski definition) is 1. The minimum absolute atomic E-state index is 0.0118. The third-order valence-corrected chi connectivity index (χ3v) is 7.81. The number of benzene rings is 2. The second kappa shape index (κ2) is 10.3. The first-order valence-electron chi connectivity index (χ1n) is 9.98. The first-order chi connectivity index (χ1) is 13.9. The number of nitrogens with one attached hydrogen (secondary N) is 1. The Morgan fingerprint density at radius 1 is 1.00 bits per heavy atom. The molecule has 1 aliphatic rings. The van der Waals surface area contributed by atoms with E-state index in [9.17, 15) is 13.2 Å². The highest BCUT2D eigenvalue weighted by atomic mass is 32.2. The molecule has 1 saturated heterocycles. The molecule has 0 aromatic heterocycles. The van der Waals surface area contributed by atoms with Crippen LogP contribution in [-0.2, 0) is 15.8 Å². The van der Waals surface area contributed by atoms with Gasteiger partial charge in [0.25, 0.3) is 5.91 Å². The topological polar surface area (TPSA) is 66.5 Å². The number of carbonyl (C=O) groups is 1. The standard InChI is InChI=1S/C22H28N2O3S2/c1-18-5-11-21(12-6-18)28-16-13-23-22(25)20-9-7-19(8-10-20)17-29(26,27)24-14-3-2-4-15-24/h5-12H,2-4,13-17H2,1H3,(H,23,25). The highest BCUT2D eigenvalue weighted by Gasteiger charge is 2.24. The van der Waals surface area contributed by atoms with Crippen LogP contribution in [0.5, 0.6) is 0 Å². The van der Waals surface area contributed by atoms with Gasteiger partial charge in [-0.15, -0.1) is 11.8 Å². The molecule has 0 atom stereocenters. The molecule has 5 nitrogen and oxygen atoms in total. The minimum atomic E-state index is -3.29. The Morgan fingerprint density at radius 3 is 2.31 bits per heavy atom. The third kappa shape index (κ3) is 6.59. The maximum Gasteiger partial charge on any atom is 0.251 e. The molecule has 29 heavy (non-hydrogen) atoms. The van der Waals surface area contributed by atoms with E-state index in [1.165, 1.54) is 10.5 Å². The molecule has 2 aromatic rings. The molecule has 0 aliphatic carbocycles. The Kier molecular flexibility index (Phi) is 7.75. The molecule has 1 heterocycles. The quantitative estimate of drug-likeness (QED) is 0.509. The Labute approximate surface area is 177 Å². The summed E-state index contributed by atoms with van der Waals surface area (Å²) in [5.74, 6) is 0.642. The Balaban J connectivity index is 1.46. The van der Waals surface area contributed by atoms with Gasteiger partial charge in [-0.3, -0.25) is 4.79 Å². The van der Waals surface area contributed by atoms with Crippen molar-refractivity contribution in [2.24, 2.45) is 0 Å². The van der Waals surface area contributed by atoms with Crippen molar-refractivity contribution in [3.05, 3.63) is 65.2 Å². The first kappa shape index (κ1) is 21.9. The maximum absolute atomic E-state index is 12.5. The molecule has 0 bridgehead atoms. The lowest BCUT2D eigenvalue weighted by atomic mass is 10.1. The van der Waals surface area contributed by atoms with E-state index < -0.39 is 10.0 Å². The molecule has 2 aromatic carbocycles. The van der Waals surface area contributed by atoms with Gasteiger partial charge in [0.1, 0.15) is 0 Å². The number of piperidine rings is 1. The van der Waals surface area contributed by atoms with Crippen molar-refractivity contribution in [1.29, 1.82) is 0 Å². The van der Waals surface area contributed by atoms with Crippen molar-refractivity contribution in [1.82, 2.24) is 9.62 Å². The van der Waals surface area contributed by atoms with E-state index in [1.807, 2.05) is 0 Å². The van der Waals surface area contributed by atoms with Gasteiger partial charge in [-0.05, 0) is 49.6 Å². The zero-order valence-corrected chi connectivity index (χ0v) is 18.4. The molecular formula is C22H28N2O3S2. The zero-order chi connectivity index (χ0) is 20.7. The number of rotatable bonds is 8. The molecule has 0 unspecified atom stereocenters. The monoisotopic (exact) mass is 432 g/mol. The molecule has 7 heteroatoms. The van der Waals surface area contributed by atoms with E-state index in [2.05, 4.69) is 36.5 Å². The van der Waals surface area contributed by atoms with Crippen LogP contribution >= 0.6 is 11.8 Å². The summed E-state index contributed by atoms with van der Waals surface area (Å²) in [4.78, 5) is 13.5. The second-order valence-electron chi connectivity index (χ2n) is 7.33. The van der Waals surface area contributed by atoms with Crippen LogP contribution in [0.1, 0.15) is 40.7 Å². The van der Waals surface area contributed by atoms with Gasteiger partial charge in [0.05, 0.1) is 5.75 Å². The third-order valence-electron chi connectivity index (χ3n) is 4.95. The average Bonchev–Trinajstić information content (AvgIpc) is 2.73. The summed E-state index contributed by atoms with van der Waals surface area (Å²) in [6.07, 6.45) is 2.96. The summed E-state index contributed by atoms with van der Waals surface area (Å²) in [5, 5.41) is 2.91. The van der Waals surface area contributed by atoms with Crippen LogP contribution in [0, 0.1) is 6.92 Å². The van der Waals surface area contributed by atoms with Crippen LogP contribution in [0.4, 0.5) is 0 Å². The van der Waals surface area contributed by atoms with E-state index in [1.54, 1.807) is 40.3 Å². The highest BCUT2D eigenvalue weighted by molar-refractivity contribution is 7.99. The molecule has 1 N–H and O–H groups in total. The van der Waals surface area contributed by atoms with E-state index in [0.717, 1.165) is 25.0 Å². The van der Waals surface area contributed by atoms with Crippen LogP contribution < -0.4 is 5.32 Å². The minimum Gasteiger partial charge on any atom is -0.351 e. The smallest absolute Gasteiger partial charge is 0.251 e. The van der Waals surface area contributed by atoms with Crippen LogP contribution in [0.2, 0.25) is 0 Å². The number of thioether (sulfide) groups is 1. The van der Waals surface area contributed by atoms with Crippen molar-refractivity contribution < 1.29 is 13.2 Å². The summed E-state index contributed by atoms with van der Waals surface area (Å²) >= 11 is 1.70. The molecule has 1 aliphatic heterocycles. The van der Waals surface area contributed by atoms with E-state index in [4.69, 9.17) is 0 Å². The van der Waals surface area contributed by atoms with Crippen molar-refractivity contribution in [2.75, 3.05) is 25.4 Å². The fourth-order valence-corrected chi connectivity index (χ4v) is 5.65. The van der Waals surface area contributed by atoms with Crippen LogP contribution in [0.3, 0.4) is 0 Å². The lowest BCUT2D eigenvalue weighted by Crippen LogP contribution is -2.36. The Hall–Kier alpha value is -1.83. The number of sulfonamides is 1. The zero-order valence-electron chi connectivity index (χ0n) is 16.8. The fraction of sp³-hybridized carbons (Fsp3) is 0.409. The largest absolute Gasteiger partial charge is 0.351 e. The first-order valence-corrected chi connectivity index (χ1v) is 12.6. The van der Waals surface area contributed by atoms with Crippen molar-refractivity contribution >= 4 is 27.7 Å². The molecular weight excluding hydrogens is 404 g/mol. The fourth-order valence-electron chi connectivity index (χ4n) is 3.27. The second-order valence-corrected chi connectivity index (χ2v) is 10.5. The van der Waals surface area contributed by atoms with Gasteiger partial charge in [-0.25, -0.2) is 12.7 Å². The van der Waals surface area contributed by atoms with Gasteiger partial charge in [-0.2, -0.15) is 0 Å². The van der Waals surface area contributed by atoms with Gasteiger partial charge in [-0.1, -0.05) is 36.2 Å². The maximum atomic E-state index is 12.5. The van der Waals surface area contributed by atoms with Crippen molar-refractivity contribution in [3.8, 4) is 0 Å². The summed E-state index contributed by atoms with van der Waals surface area (Å²) in [5.41, 5.74) is 2.49. The summed E-state index contributed by atoms with van der Waals surface area (Å²) in [6, 6.07) is 15.2. The predicted molar refractivity (Wildman–Crippen MR) is 119 cm³/mol. The predicted octanol–water partition coefficient (Wildman–Crippen LogP) is 3.83. The van der Waals surface area contributed by atoms with Gasteiger partial charge >= 0.3 is 0 Å². The Bertz CT molecular complexity index is 904. The molecule has 0 spiro atoms. The summed E-state index contributed by atoms with van der Waals surface area (Å²) < 4.78 is 26.6. The number of carbonyl (C=O) groups excluding carboxylic acids is 1. The number of nitrogens with zero attached hydrogens (tertiary/aromatic N) is 1. The van der Waals surface area contributed by atoms with Crippen molar-refractivity contribution in [2.45, 2.75) is 36.8 Å². The van der Waals surface area contributed by atoms with Crippen LogP contribution in [-0.4, -0.2) is 44.0 Å². The molecule has 0 radical (unpaired) electrons. The average molecular weight is 433 g/mol. The van der Waals surface area contributed by atoms with Gasteiger partial charge in [0.2, 0.25) is 10.0 Å². The van der Waals surface area contributed by atoms with Gasteiger partial charge < -0.3 is 5.32 Å². The number of amides is 1. The SMILES string of the molecule is Cc1ccc(SCCNC(=O)c2ccc(CS(=O)(=O)N3CCCCC3)cc2)cc1. The highest BCUT2D eigenvalue weighted by Crippen LogP contribution is 2.18. The van der Waals surface area contributed by atoms with E-state index in [0.29, 0.717) is 30.8 Å². The summed E-state index contributed by atoms with van der Waals surface area (Å²) in [6.45, 7) is 3.86. The van der Waals surface area contributed by atoms with Gasteiger partial charge in [0, 0.05) is 35.8 Å². The van der Waals surface area contributed by atoms with E-state index in [-0.39, 0.29) is 11.7 Å². The van der Waals surface area contributed by atoms with Crippen molar-refractivity contribution in [3.63, 3.8) is 0 Å². The van der Waals surface area contributed by atoms with E-state index >= 15 is 0 Å². The Morgan fingerprint density at radius 2 is 1.66 bits per heavy atom. The molecule has 3 rings (SSSR count). The lowest BCUT2D eigenvalue weighted by molar-refractivity contribution is 0.0956. The number of hydrogen-bond acceptors (Lipinski definition) is 4. The molecule has 1 amide bonds. The molecule has 1 fully saturated rings. The van der Waals surface area contributed by atoms with Crippen LogP contribution in [0.15, 0.2) is 53.4 Å². The summed E-state index contributed by atoms with van der Waals surface area (Å²) in [7, 11) is -3.29.